The summed E-state index contributed by atoms with van der Waals surface area (Å²) in [5.41, 5.74) is 0. The third-order valence-corrected chi connectivity index (χ3v) is 1.72. The molecular weight excluding hydrogens is 180 g/mol. The zero-order valence-electron chi connectivity index (χ0n) is 9.91. The fourth-order valence-electron chi connectivity index (χ4n) is 1.15. The van der Waals surface area contributed by atoms with Crippen molar-refractivity contribution in [2.24, 2.45) is 0 Å². The summed E-state index contributed by atoms with van der Waals surface area (Å²) >= 11 is 0. The van der Waals surface area contributed by atoms with Gasteiger partial charge in [-0.15, -0.1) is 0 Å². The molecule has 0 saturated heterocycles. The molecule has 0 aliphatic heterocycles. The van der Waals surface area contributed by atoms with Crippen LogP contribution in [-0.4, -0.2) is 38.6 Å². The van der Waals surface area contributed by atoms with Gasteiger partial charge in [0.1, 0.15) is 0 Å². The van der Waals surface area contributed by atoms with E-state index in [2.05, 4.69) is 6.92 Å². The smallest absolute Gasteiger partial charge is 0.0785 e. The number of hydrogen-bond acceptors (Lipinski definition) is 3. The topological polar surface area (TPSA) is 27.7 Å². The molecule has 0 N–H and O–H groups in total. The monoisotopic (exact) mass is 204 g/mol. The van der Waals surface area contributed by atoms with Crippen LogP contribution in [-0.2, 0) is 14.2 Å². The first kappa shape index (κ1) is 13.9. The molecule has 0 saturated carbocycles. The molecule has 0 bridgehead atoms. The number of rotatable bonds is 9. The lowest BCUT2D eigenvalue weighted by Crippen LogP contribution is -2.25. The second-order valence-electron chi connectivity index (χ2n) is 3.49. The Morgan fingerprint density at radius 2 is 1.50 bits per heavy atom. The summed E-state index contributed by atoms with van der Waals surface area (Å²) in [5, 5.41) is 0. The second kappa shape index (κ2) is 9.44. The van der Waals surface area contributed by atoms with Crippen molar-refractivity contribution in [1.82, 2.24) is 0 Å². The molecule has 3 nitrogen and oxygen atoms in total. The summed E-state index contributed by atoms with van der Waals surface area (Å²) in [6, 6.07) is 0. The van der Waals surface area contributed by atoms with Crippen LogP contribution in [0.2, 0.25) is 0 Å². The van der Waals surface area contributed by atoms with Crippen LogP contribution in [0.4, 0.5) is 0 Å². The third kappa shape index (κ3) is 8.48. The molecule has 0 aromatic rings. The Morgan fingerprint density at radius 3 is 2.00 bits per heavy atom. The molecule has 0 amide bonds. The largest absolute Gasteiger partial charge is 0.379 e. The van der Waals surface area contributed by atoms with Gasteiger partial charge in [-0.05, 0) is 27.2 Å². The average molecular weight is 204 g/mol. The van der Waals surface area contributed by atoms with Crippen LogP contribution in [0.1, 0.15) is 34.1 Å². The molecule has 0 aromatic heterocycles. The van der Waals surface area contributed by atoms with Gasteiger partial charge in [-0.2, -0.15) is 0 Å². The minimum Gasteiger partial charge on any atom is -0.379 e. The first-order valence-electron chi connectivity index (χ1n) is 5.51. The van der Waals surface area contributed by atoms with E-state index in [1.807, 2.05) is 20.8 Å². The number of ether oxygens (including phenoxy) is 3. The summed E-state index contributed by atoms with van der Waals surface area (Å²) in [5.74, 6) is 0. The van der Waals surface area contributed by atoms with Crippen LogP contribution < -0.4 is 0 Å². The molecule has 0 rings (SSSR count). The standard InChI is InChI=1S/C11H24O3/c1-5-7-13-9-11(4)14-10(3)8-12-6-2/h10-11H,5-9H2,1-4H3. The summed E-state index contributed by atoms with van der Waals surface area (Å²) in [6.07, 6.45) is 1.36. The molecule has 0 heterocycles. The van der Waals surface area contributed by atoms with E-state index in [-0.39, 0.29) is 12.2 Å². The summed E-state index contributed by atoms with van der Waals surface area (Å²) in [6.45, 7) is 11.0. The van der Waals surface area contributed by atoms with Gasteiger partial charge in [0.15, 0.2) is 0 Å². The van der Waals surface area contributed by atoms with Gasteiger partial charge >= 0.3 is 0 Å². The predicted molar refractivity (Wildman–Crippen MR) is 57.6 cm³/mol. The highest BCUT2D eigenvalue weighted by Crippen LogP contribution is 2.00. The van der Waals surface area contributed by atoms with Gasteiger partial charge in [0, 0.05) is 13.2 Å². The van der Waals surface area contributed by atoms with Crippen LogP contribution >= 0.6 is 0 Å². The van der Waals surface area contributed by atoms with Gasteiger partial charge in [0.05, 0.1) is 25.4 Å². The van der Waals surface area contributed by atoms with Crippen molar-refractivity contribution in [2.45, 2.75) is 46.3 Å². The molecule has 0 aliphatic rings. The fraction of sp³-hybridized carbons (Fsp3) is 1.00. The van der Waals surface area contributed by atoms with Gasteiger partial charge < -0.3 is 14.2 Å². The van der Waals surface area contributed by atoms with E-state index in [1.165, 1.54) is 0 Å². The van der Waals surface area contributed by atoms with Crippen molar-refractivity contribution in [1.29, 1.82) is 0 Å². The van der Waals surface area contributed by atoms with Crippen LogP contribution in [0, 0.1) is 0 Å². The molecular formula is C11H24O3. The highest BCUT2D eigenvalue weighted by molar-refractivity contribution is 4.53. The zero-order chi connectivity index (χ0) is 10.8. The second-order valence-corrected chi connectivity index (χ2v) is 3.49. The first-order valence-corrected chi connectivity index (χ1v) is 5.51. The molecule has 2 unspecified atom stereocenters. The minimum atomic E-state index is 0.148. The molecule has 2 atom stereocenters. The maximum absolute atomic E-state index is 5.65. The molecule has 0 fully saturated rings. The Kier molecular flexibility index (Phi) is 9.35. The lowest BCUT2D eigenvalue weighted by atomic mass is 10.4. The maximum atomic E-state index is 5.65. The van der Waals surface area contributed by atoms with Gasteiger partial charge in [-0.3, -0.25) is 0 Å². The zero-order valence-corrected chi connectivity index (χ0v) is 9.91. The van der Waals surface area contributed by atoms with Crippen molar-refractivity contribution >= 4 is 0 Å². The van der Waals surface area contributed by atoms with Crippen molar-refractivity contribution in [3.63, 3.8) is 0 Å². The van der Waals surface area contributed by atoms with E-state index in [4.69, 9.17) is 14.2 Å². The van der Waals surface area contributed by atoms with Crippen LogP contribution in [0.25, 0.3) is 0 Å². The lowest BCUT2D eigenvalue weighted by Gasteiger charge is -2.18. The van der Waals surface area contributed by atoms with E-state index in [0.29, 0.717) is 13.2 Å². The van der Waals surface area contributed by atoms with E-state index < -0.39 is 0 Å². The maximum Gasteiger partial charge on any atom is 0.0785 e. The first-order chi connectivity index (χ1) is 6.70. The van der Waals surface area contributed by atoms with Crippen LogP contribution in [0.15, 0.2) is 0 Å². The minimum absolute atomic E-state index is 0.148. The highest BCUT2D eigenvalue weighted by atomic mass is 16.6. The normalized spacial score (nSPS) is 15.4. The van der Waals surface area contributed by atoms with E-state index in [1.54, 1.807) is 0 Å². The van der Waals surface area contributed by atoms with E-state index in [0.717, 1.165) is 19.6 Å². The van der Waals surface area contributed by atoms with Crippen molar-refractivity contribution in [3.05, 3.63) is 0 Å². The van der Waals surface area contributed by atoms with Gasteiger partial charge in [-0.25, -0.2) is 0 Å². The third-order valence-electron chi connectivity index (χ3n) is 1.72. The SMILES string of the molecule is CCCOCC(C)OC(C)COCC. The fourth-order valence-corrected chi connectivity index (χ4v) is 1.15. The summed E-state index contributed by atoms with van der Waals surface area (Å²) in [4.78, 5) is 0. The Labute approximate surface area is 87.7 Å². The van der Waals surface area contributed by atoms with Crippen molar-refractivity contribution < 1.29 is 14.2 Å². The Morgan fingerprint density at radius 1 is 0.929 bits per heavy atom. The lowest BCUT2D eigenvalue weighted by molar-refractivity contribution is -0.0692. The van der Waals surface area contributed by atoms with E-state index in [9.17, 15) is 0 Å². The van der Waals surface area contributed by atoms with Crippen molar-refractivity contribution in [2.75, 3.05) is 26.4 Å². The summed E-state index contributed by atoms with van der Waals surface area (Å²) in [7, 11) is 0. The molecule has 0 radical (unpaired) electrons. The average Bonchev–Trinajstić information content (AvgIpc) is 2.15. The molecule has 0 spiro atoms. The highest BCUT2D eigenvalue weighted by Gasteiger charge is 2.08. The Hall–Kier alpha value is -0.120. The van der Waals surface area contributed by atoms with Gasteiger partial charge in [-0.1, -0.05) is 6.92 Å². The molecule has 0 aliphatic carbocycles. The quantitative estimate of drug-likeness (QED) is 0.539. The van der Waals surface area contributed by atoms with Crippen LogP contribution in [0.5, 0.6) is 0 Å². The van der Waals surface area contributed by atoms with Gasteiger partial charge in [0.25, 0.3) is 0 Å². The predicted octanol–water partition coefficient (Wildman–Crippen LogP) is 2.24. The Balaban J connectivity index is 3.35. The molecule has 14 heavy (non-hydrogen) atoms. The van der Waals surface area contributed by atoms with Crippen molar-refractivity contribution in [3.8, 4) is 0 Å². The molecule has 0 aromatic carbocycles. The molecule has 86 valence electrons. The number of hydrogen-bond donors (Lipinski definition) is 0. The summed E-state index contributed by atoms with van der Waals surface area (Å²) < 4.78 is 16.3. The Bertz CT molecular complexity index is 117. The van der Waals surface area contributed by atoms with Gasteiger partial charge in [0.2, 0.25) is 0 Å². The van der Waals surface area contributed by atoms with E-state index >= 15 is 0 Å². The molecule has 3 heteroatoms. The van der Waals surface area contributed by atoms with Crippen LogP contribution in [0.3, 0.4) is 0 Å².